The van der Waals surface area contributed by atoms with Gasteiger partial charge in [-0.3, -0.25) is 19.2 Å². The Morgan fingerprint density at radius 3 is 1.44 bits per heavy atom. The number of ether oxygens (including phenoxy) is 2. The van der Waals surface area contributed by atoms with Crippen LogP contribution in [-0.2, 0) is 19.1 Å². The number of amides is 1. The second-order valence-electron chi connectivity index (χ2n) is 18.7. The van der Waals surface area contributed by atoms with Crippen LogP contribution in [0.3, 0.4) is 0 Å². The number of carbonyl (C=O) groups excluding carboxylic acids is 4. The highest BCUT2D eigenvalue weighted by molar-refractivity contribution is 5.90. The minimum atomic E-state index is -0.534. The molecule has 3 fully saturated rings. The van der Waals surface area contributed by atoms with Gasteiger partial charge in [-0.15, -0.1) is 0 Å². The Hall–Kier alpha value is -3.64. The van der Waals surface area contributed by atoms with E-state index in [4.69, 9.17) is 18.5 Å². The topological polar surface area (TPSA) is 168 Å². The Balaban J connectivity index is 0.000000257. The minimum Gasteiger partial charge on any atom is -0.460 e. The Labute approximate surface area is 340 Å². The fourth-order valence-corrected chi connectivity index (χ4v) is 8.32. The van der Waals surface area contributed by atoms with E-state index in [1.54, 1.807) is 4.90 Å². The van der Waals surface area contributed by atoms with Crippen LogP contribution in [0.1, 0.15) is 228 Å². The van der Waals surface area contributed by atoms with Gasteiger partial charge in [0, 0.05) is 31.8 Å². The zero-order valence-corrected chi connectivity index (χ0v) is 36.1. The van der Waals surface area contributed by atoms with Crippen molar-refractivity contribution in [2.75, 3.05) is 13.1 Å². The Bertz CT molecular complexity index is 1540. The molecule has 1 saturated heterocycles. The van der Waals surface area contributed by atoms with Crippen LogP contribution in [0.15, 0.2) is 9.05 Å². The van der Waals surface area contributed by atoms with E-state index < -0.39 is 11.2 Å². The molecule has 1 aliphatic heterocycles. The van der Waals surface area contributed by atoms with Crippen LogP contribution in [0.25, 0.3) is 0 Å². The lowest BCUT2D eigenvalue weighted by Crippen LogP contribution is -2.36. The summed E-state index contributed by atoms with van der Waals surface area (Å²) in [5.41, 5.74) is -1.06. The molecule has 13 heteroatoms. The molecule has 0 aromatic carbocycles. The lowest BCUT2D eigenvalue weighted by Gasteiger charge is -2.25. The normalized spacial score (nSPS) is 18.3. The van der Waals surface area contributed by atoms with Crippen LogP contribution >= 0.6 is 0 Å². The van der Waals surface area contributed by atoms with Gasteiger partial charge in [-0.05, 0) is 85.5 Å². The molecule has 0 bridgehead atoms. The summed E-state index contributed by atoms with van der Waals surface area (Å²) in [4.78, 5) is 59.3. The second-order valence-corrected chi connectivity index (χ2v) is 18.7. The van der Waals surface area contributed by atoms with Crippen LogP contribution in [-0.4, -0.2) is 73.1 Å². The van der Waals surface area contributed by atoms with Crippen molar-refractivity contribution in [1.29, 1.82) is 0 Å². The fraction of sp³-hybridized carbons (Fsp3) is 0.818. The maximum atomic E-state index is 12.7. The molecule has 2 atom stereocenters. The Kier molecular flexibility index (Phi) is 18.2. The third-order valence-electron chi connectivity index (χ3n) is 11.2. The van der Waals surface area contributed by atoms with Crippen LogP contribution < -0.4 is 0 Å². The molecule has 5 rings (SSSR count). The van der Waals surface area contributed by atoms with E-state index in [1.807, 2.05) is 41.5 Å². The highest BCUT2D eigenvalue weighted by atomic mass is 16.6. The van der Waals surface area contributed by atoms with Crippen molar-refractivity contribution in [1.82, 2.24) is 25.2 Å². The Morgan fingerprint density at radius 1 is 0.632 bits per heavy atom. The highest BCUT2D eigenvalue weighted by Gasteiger charge is 2.30. The van der Waals surface area contributed by atoms with E-state index >= 15 is 0 Å². The van der Waals surface area contributed by atoms with Gasteiger partial charge in [0.25, 0.3) is 11.7 Å². The number of rotatable bonds is 16. The first-order chi connectivity index (χ1) is 27.1. The van der Waals surface area contributed by atoms with E-state index in [1.165, 1.54) is 84.0 Å². The van der Waals surface area contributed by atoms with E-state index in [9.17, 15) is 19.2 Å². The molecule has 2 aromatic heterocycles. The van der Waals surface area contributed by atoms with Crippen molar-refractivity contribution in [3.63, 3.8) is 0 Å². The van der Waals surface area contributed by atoms with Gasteiger partial charge in [-0.2, -0.15) is 9.97 Å². The van der Waals surface area contributed by atoms with Gasteiger partial charge >= 0.3 is 11.9 Å². The number of hydrogen-bond acceptors (Lipinski definition) is 12. The van der Waals surface area contributed by atoms with Crippen molar-refractivity contribution in [2.24, 2.45) is 11.8 Å². The van der Waals surface area contributed by atoms with Crippen LogP contribution in [0, 0.1) is 11.8 Å². The number of esters is 2. The predicted molar refractivity (Wildman–Crippen MR) is 216 cm³/mol. The van der Waals surface area contributed by atoms with Crippen LogP contribution in [0.2, 0.25) is 0 Å². The number of nitrogens with zero attached hydrogens (tertiary/aromatic N) is 5. The van der Waals surface area contributed by atoms with Crippen molar-refractivity contribution in [3.8, 4) is 0 Å². The SMILES string of the molecule is CC(=O)c1noc([C@H](CCCC2CCCCC2)CC(=O)OC(C)(C)C)n1.CC(C)(C)OC(=O)C[C@@H](CCCC1CCCCC1)c1nc(C(=O)N2CCCCC2)no1. The molecule has 57 heavy (non-hydrogen) atoms. The number of ketones is 1. The number of likely N-dealkylation sites (tertiary alicyclic amines) is 1. The summed E-state index contributed by atoms with van der Waals surface area (Å²) < 4.78 is 21.7. The quantitative estimate of drug-likeness (QED) is 0.117. The molecule has 0 unspecified atom stereocenters. The van der Waals surface area contributed by atoms with E-state index in [-0.39, 0.29) is 60.0 Å². The van der Waals surface area contributed by atoms with Gasteiger partial charge in [-0.1, -0.05) is 100 Å². The molecule has 0 spiro atoms. The van der Waals surface area contributed by atoms with Gasteiger partial charge in [-0.25, -0.2) is 0 Å². The molecular weight excluding hydrogens is 727 g/mol. The molecule has 13 nitrogen and oxygen atoms in total. The van der Waals surface area contributed by atoms with Crippen molar-refractivity contribution < 1.29 is 37.7 Å². The average Bonchev–Trinajstić information content (AvgIpc) is 3.86. The number of aromatic nitrogens is 4. The summed E-state index contributed by atoms with van der Waals surface area (Å²) >= 11 is 0. The maximum absolute atomic E-state index is 12.7. The number of hydrogen-bond donors (Lipinski definition) is 0. The Morgan fingerprint density at radius 2 is 1.04 bits per heavy atom. The minimum absolute atomic E-state index is 0.0708. The summed E-state index contributed by atoms with van der Waals surface area (Å²) in [6, 6.07) is 0. The zero-order chi connectivity index (χ0) is 41.4. The summed E-state index contributed by atoms with van der Waals surface area (Å²) in [5, 5.41) is 7.69. The predicted octanol–water partition coefficient (Wildman–Crippen LogP) is 10.1. The third kappa shape index (κ3) is 17.0. The average molecular weight is 798 g/mol. The summed E-state index contributed by atoms with van der Waals surface area (Å²) in [7, 11) is 0. The second kappa shape index (κ2) is 22.5. The first-order valence-corrected chi connectivity index (χ1v) is 22.0. The molecule has 2 aromatic rings. The number of Topliss-reactive ketones (excluding diaryl/α,β-unsaturated/α-hetero) is 1. The standard InChI is InChI=1S/C24H39N3O4.C20H32N2O4/c1-24(2,3)30-20(28)17-19(14-10-13-18-11-6-4-7-12-18)22-25-21(26-31-22)23(29)27-15-8-5-9-16-27;1-14(23)18-21-19(26-22-18)16(13-17(24)25-20(2,3)4)12-8-11-15-9-6-5-7-10-15/h18-19H,4-17H2,1-3H3;15-16H,5-13H2,1-4H3/t19-;16-/m11/s1. The van der Waals surface area contributed by atoms with Gasteiger partial charge in [0.2, 0.25) is 23.4 Å². The number of piperidine rings is 1. The van der Waals surface area contributed by atoms with Gasteiger partial charge in [0.05, 0.1) is 12.8 Å². The fourth-order valence-electron chi connectivity index (χ4n) is 8.32. The maximum Gasteiger partial charge on any atom is 0.307 e. The molecule has 2 saturated carbocycles. The molecule has 320 valence electrons. The molecule has 0 N–H and O–H groups in total. The highest BCUT2D eigenvalue weighted by Crippen LogP contribution is 2.33. The summed E-state index contributed by atoms with van der Waals surface area (Å²) in [6.07, 6.45) is 22.8. The largest absolute Gasteiger partial charge is 0.460 e. The molecular formula is C44H71N5O8. The van der Waals surface area contributed by atoms with Crippen molar-refractivity contribution in [2.45, 2.75) is 206 Å². The first kappa shape index (κ1) is 46.1. The molecule has 3 aliphatic rings. The third-order valence-corrected chi connectivity index (χ3v) is 11.2. The first-order valence-electron chi connectivity index (χ1n) is 22.0. The van der Waals surface area contributed by atoms with Crippen LogP contribution in [0.5, 0.6) is 0 Å². The van der Waals surface area contributed by atoms with Crippen LogP contribution in [0.4, 0.5) is 0 Å². The molecule has 3 heterocycles. The van der Waals surface area contributed by atoms with Gasteiger partial charge in [0.15, 0.2) is 0 Å². The van der Waals surface area contributed by atoms with E-state index in [2.05, 4.69) is 20.3 Å². The lowest BCUT2D eigenvalue weighted by atomic mass is 9.84. The van der Waals surface area contributed by atoms with Crippen molar-refractivity contribution >= 4 is 23.6 Å². The molecule has 1 amide bonds. The molecule has 0 radical (unpaired) electrons. The summed E-state index contributed by atoms with van der Waals surface area (Å²) in [5.74, 6) is 1.14. The smallest absolute Gasteiger partial charge is 0.307 e. The monoisotopic (exact) mass is 798 g/mol. The van der Waals surface area contributed by atoms with E-state index in [0.29, 0.717) is 11.8 Å². The van der Waals surface area contributed by atoms with Crippen molar-refractivity contribution in [3.05, 3.63) is 23.4 Å². The summed E-state index contributed by atoms with van der Waals surface area (Å²) in [6.45, 7) is 14.0. The lowest BCUT2D eigenvalue weighted by molar-refractivity contribution is -0.156. The molecule has 2 aliphatic carbocycles. The van der Waals surface area contributed by atoms with Gasteiger partial charge < -0.3 is 23.4 Å². The zero-order valence-electron chi connectivity index (χ0n) is 36.1. The van der Waals surface area contributed by atoms with E-state index in [0.717, 1.165) is 69.9 Å². The number of carbonyl (C=O) groups is 4. The van der Waals surface area contributed by atoms with Gasteiger partial charge in [0.1, 0.15) is 11.2 Å².